The third-order valence-electron chi connectivity index (χ3n) is 7.08. The van der Waals surface area contributed by atoms with E-state index in [0.717, 1.165) is 0 Å². The fourth-order valence-corrected chi connectivity index (χ4v) is 5.81. The number of nitrogens with zero attached hydrogens (tertiary/aromatic N) is 1. The number of aromatic nitrogens is 2. The van der Waals surface area contributed by atoms with Gasteiger partial charge in [0.15, 0.2) is 0 Å². The van der Waals surface area contributed by atoms with Crippen LogP contribution in [0.5, 0.6) is 0 Å². The number of aromatic amines is 1. The van der Waals surface area contributed by atoms with Gasteiger partial charge in [-0.3, -0.25) is 0 Å². The standard InChI is InChI=1S/C30H18N2/c1-4-13-24-20(10-1)29-22-12-7-11-21-27(17-16-23(28(21)22)30(29)31-24)32-25-14-5-2-8-18(25)19-9-3-6-15-26(19)32/h1-17,31H. The molecule has 0 atom stereocenters. The van der Waals surface area contributed by atoms with Crippen molar-refractivity contribution in [2.75, 3.05) is 0 Å². The molecule has 2 heteroatoms. The fourth-order valence-electron chi connectivity index (χ4n) is 5.81. The number of benzene rings is 5. The monoisotopic (exact) mass is 406 g/mol. The van der Waals surface area contributed by atoms with E-state index in [1.807, 2.05) is 0 Å². The number of H-pyrrole nitrogens is 1. The van der Waals surface area contributed by atoms with E-state index in [1.165, 1.54) is 71.6 Å². The van der Waals surface area contributed by atoms with E-state index in [2.05, 4.69) is 113 Å². The van der Waals surface area contributed by atoms with Crippen molar-refractivity contribution in [3.05, 3.63) is 103 Å². The van der Waals surface area contributed by atoms with Crippen molar-refractivity contribution in [1.82, 2.24) is 9.55 Å². The largest absolute Gasteiger partial charge is 0.354 e. The van der Waals surface area contributed by atoms with Gasteiger partial charge in [0.25, 0.3) is 0 Å². The molecule has 0 radical (unpaired) electrons. The molecule has 8 rings (SSSR count). The molecule has 1 aliphatic carbocycles. The summed E-state index contributed by atoms with van der Waals surface area (Å²) in [6.45, 7) is 0. The van der Waals surface area contributed by atoms with Crippen LogP contribution in [0.15, 0.2) is 103 Å². The van der Waals surface area contributed by atoms with E-state index >= 15 is 0 Å². The van der Waals surface area contributed by atoms with E-state index in [4.69, 9.17) is 0 Å². The van der Waals surface area contributed by atoms with Crippen molar-refractivity contribution in [2.45, 2.75) is 0 Å². The van der Waals surface area contributed by atoms with Crippen LogP contribution in [-0.2, 0) is 0 Å². The minimum Gasteiger partial charge on any atom is -0.354 e. The molecule has 5 aromatic carbocycles. The minimum absolute atomic E-state index is 1.20. The molecule has 0 saturated heterocycles. The molecule has 148 valence electrons. The van der Waals surface area contributed by atoms with Crippen LogP contribution in [0.1, 0.15) is 0 Å². The van der Waals surface area contributed by atoms with Gasteiger partial charge in [0, 0.05) is 43.6 Å². The van der Waals surface area contributed by atoms with Crippen molar-refractivity contribution in [1.29, 1.82) is 0 Å². The summed E-state index contributed by atoms with van der Waals surface area (Å²) < 4.78 is 2.43. The molecule has 2 nitrogen and oxygen atoms in total. The van der Waals surface area contributed by atoms with Gasteiger partial charge in [-0.25, -0.2) is 0 Å². The molecule has 1 N–H and O–H groups in total. The number of fused-ring (bicyclic) bond motifs is 8. The molecule has 0 bridgehead atoms. The average Bonchev–Trinajstić information content (AvgIpc) is 3.49. The van der Waals surface area contributed by atoms with Gasteiger partial charge in [-0.15, -0.1) is 0 Å². The predicted molar refractivity (Wildman–Crippen MR) is 135 cm³/mol. The lowest BCUT2D eigenvalue weighted by Crippen LogP contribution is -1.95. The van der Waals surface area contributed by atoms with E-state index in [-0.39, 0.29) is 0 Å². The first-order valence-electron chi connectivity index (χ1n) is 11.1. The Kier molecular flexibility index (Phi) is 2.91. The quantitative estimate of drug-likeness (QED) is 0.284. The van der Waals surface area contributed by atoms with E-state index in [0.29, 0.717) is 0 Å². The summed E-state index contributed by atoms with van der Waals surface area (Å²) in [5.74, 6) is 0. The van der Waals surface area contributed by atoms with Crippen molar-refractivity contribution >= 4 is 43.5 Å². The van der Waals surface area contributed by atoms with Crippen LogP contribution < -0.4 is 0 Å². The van der Waals surface area contributed by atoms with Crippen LogP contribution in [0.3, 0.4) is 0 Å². The molecular formula is C30H18N2. The average molecular weight is 406 g/mol. The van der Waals surface area contributed by atoms with Crippen LogP contribution in [0.4, 0.5) is 0 Å². The Morgan fingerprint density at radius 1 is 0.500 bits per heavy atom. The van der Waals surface area contributed by atoms with Crippen LogP contribution in [0, 0.1) is 0 Å². The molecule has 7 aromatic rings. The topological polar surface area (TPSA) is 20.7 Å². The second-order valence-corrected chi connectivity index (χ2v) is 8.65. The lowest BCUT2D eigenvalue weighted by Gasteiger charge is -2.13. The van der Waals surface area contributed by atoms with Crippen molar-refractivity contribution in [3.8, 4) is 28.1 Å². The summed E-state index contributed by atoms with van der Waals surface area (Å²) in [6.07, 6.45) is 0. The highest BCUT2D eigenvalue weighted by molar-refractivity contribution is 6.23. The highest BCUT2D eigenvalue weighted by atomic mass is 15.0. The number of hydrogen-bond donors (Lipinski definition) is 1. The second kappa shape index (κ2) is 5.68. The van der Waals surface area contributed by atoms with Crippen molar-refractivity contribution in [3.63, 3.8) is 0 Å². The number of hydrogen-bond acceptors (Lipinski definition) is 0. The Balaban J connectivity index is 1.53. The molecule has 0 aliphatic heterocycles. The molecule has 0 amide bonds. The van der Waals surface area contributed by atoms with Crippen molar-refractivity contribution in [2.24, 2.45) is 0 Å². The minimum atomic E-state index is 1.20. The van der Waals surface area contributed by atoms with Crippen LogP contribution >= 0.6 is 0 Å². The Bertz CT molecular complexity index is 1830. The molecular weight excluding hydrogens is 388 g/mol. The van der Waals surface area contributed by atoms with Gasteiger partial charge in [-0.1, -0.05) is 78.9 Å². The lowest BCUT2D eigenvalue weighted by molar-refractivity contribution is 1.20. The van der Waals surface area contributed by atoms with Gasteiger partial charge in [0.2, 0.25) is 0 Å². The molecule has 0 unspecified atom stereocenters. The normalized spacial score (nSPS) is 12.4. The third-order valence-corrected chi connectivity index (χ3v) is 7.08. The van der Waals surface area contributed by atoms with E-state index < -0.39 is 0 Å². The van der Waals surface area contributed by atoms with Crippen LogP contribution in [0.25, 0.3) is 71.6 Å². The zero-order valence-corrected chi connectivity index (χ0v) is 17.3. The highest BCUT2D eigenvalue weighted by Gasteiger charge is 2.27. The van der Waals surface area contributed by atoms with Gasteiger partial charge < -0.3 is 9.55 Å². The fraction of sp³-hybridized carbons (Fsp3) is 0. The summed E-state index contributed by atoms with van der Waals surface area (Å²) >= 11 is 0. The molecule has 0 fully saturated rings. The Morgan fingerprint density at radius 2 is 1.16 bits per heavy atom. The first-order chi connectivity index (χ1) is 15.9. The smallest absolute Gasteiger partial charge is 0.0551 e. The maximum Gasteiger partial charge on any atom is 0.0551 e. The zero-order chi connectivity index (χ0) is 20.8. The third kappa shape index (κ3) is 1.86. The van der Waals surface area contributed by atoms with E-state index in [1.54, 1.807) is 0 Å². The Morgan fingerprint density at radius 3 is 1.94 bits per heavy atom. The summed E-state index contributed by atoms with van der Waals surface area (Å²) in [5.41, 5.74) is 10.1. The summed E-state index contributed by atoms with van der Waals surface area (Å²) in [7, 11) is 0. The summed E-state index contributed by atoms with van der Waals surface area (Å²) in [6, 6.07) is 37.4. The van der Waals surface area contributed by atoms with Gasteiger partial charge in [-0.05, 0) is 29.8 Å². The maximum absolute atomic E-state index is 3.69. The predicted octanol–water partition coefficient (Wildman–Crippen LogP) is 8.07. The first kappa shape index (κ1) is 16.4. The summed E-state index contributed by atoms with van der Waals surface area (Å²) in [5, 5.41) is 6.52. The molecule has 2 heterocycles. The first-order valence-corrected chi connectivity index (χ1v) is 11.1. The van der Waals surface area contributed by atoms with E-state index in [9.17, 15) is 0 Å². The molecule has 0 spiro atoms. The van der Waals surface area contributed by atoms with Gasteiger partial charge >= 0.3 is 0 Å². The molecule has 2 aromatic heterocycles. The molecule has 1 aliphatic rings. The Hall–Kier alpha value is -4.30. The van der Waals surface area contributed by atoms with Gasteiger partial charge in [-0.2, -0.15) is 0 Å². The SMILES string of the molecule is c1ccc2c3c([nH]c2c1)-c1ccc(-n2c4ccccc4c4ccccc42)c2cccc-3c12. The Labute approximate surface area is 184 Å². The number of para-hydroxylation sites is 3. The van der Waals surface area contributed by atoms with Crippen LogP contribution in [-0.4, -0.2) is 9.55 Å². The lowest BCUT2D eigenvalue weighted by atomic mass is 10.0. The maximum atomic E-state index is 3.69. The summed E-state index contributed by atoms with van der Waals surface area (Å²) in [4.78, 5) is 3.69. The molecule has 32 heavy (non-hydrogen) atoms. The highest BCUT2D eigenvalue weighted by Crippen LogP contribution is 2.51. The van der Waals surface area contributed by atoms with Gasteiger partial charge in [0.05, 0.1) is 22.4 Å². The molecule has 0 saturated carbocycles. The van der Waals surface area contributed by atoms with Crippen molar-refractivity contribution < 1.29 is 0 Å². The second-order valence-electron chi connectivity index (χ2n) is 8.65. The number of rotatable bonds is 1. The zero-order valence-electron chi connectivity index (χ0n) is 17.3. The van der Waals surface area contributed by atoms with Crippen LogP contribution in [0.2, 0.25) is 0 Å². The number of nitrogens with one attached hydrogen (secondary N) is 1. The van der Waals surface area contributed by atoms with Gasteiger partial charge in [0.1, 0.15) is 0 Å².